The molecular formula is C17H19ClN2O2. The number of benzene rings is 2. The van der Waals surface area contributed by atoms with Crippen molar-refractivity contribution in [3.63, 3.8) is 0 Å². The van der Waals surface area contributed by atoms with Crippen molar-refractivity contribution in [3.8, 4) is 11.5 Å². The fourth-order valence-electron chi connectivity index (χ4n) is 1.86. The molecule has 0 aliphatic heterocycles. The molecule has 116 valence electrons. The van der Waals surface area contributed by atoms with Gasteiger partial charge in [-0.2, -0.15) is 5.10 Å². The van der Waals surface area contributed by atoms with E-state index >= 15 is 0 Å². The van der Waals surface area contributed by atoms with Gasteiger partial charge < -0.3 is 9.47 Å². The van der Waals surface area contributed by atoms with Crippen LogP contribution in [0.4, 0.5) is 5.69 Å². The van der Waals surface area contributed by atoms with Crippen LogP contribution in [0.2, 0.25) is 5.02 Å². The van der Waals surface area contributed by atoms with E-state index < -0.39 is 0 Å². The summed E-state index contributed by atoms with van der Waals surface area (Å²) in [6, 6.07) is 13.3. The van der Waals surface area contributed by atoms with Crippen LogP contribution in [-0.4, -0.2) is 19.4 Å². The first kappa shape index (κ1) is 16.2. The van der Waals surface area contributed by atoms with E-state index in [-0.39, 0.29) is 6.10 Å². The van der Waals surface area contributed by atoms with Crippen LogP contribution in [0.3, 0.4) is 0 Å². The van der Waals surface area contributed by atoms with E-state index in [1.54, 1.807) is 19.4 Å². The fourth-order valence-corrected chi connectivity index (χ4v) is 2.12. The summed E-state index contributed by atoms with van der Waals surface area (Å²) in [5.41, 5.74) is 4.69. The Bertz CT molecular complexity index is 643. The number of anilines is 1. The second-order valence-electron chi connectivity index (χ2n) is 4.94. The maximum atomic E-state index is 6.27. The van der Waals surface area contributed by atoms with Crippen molar-refractivity contribution in [2.75, 3.05) is 12.5 Å². The fraction of sp³-hybridized carbons (Fsp3) is 0.235. The molecule has 4 nitrogen and oxygen atoms in total. The van der Waals surface area contributed by atoms with Crippen molar-refractivity contribution in [2.45, 2.75) is 20.0 Å². The summed E-state index contributed by atoms with van der Waals surface area (Å²) in [5.74, 6) is 1.13. The third kappa shape index (κ3) is 4.40. The van der Waals surface area contributed by atoms with Crippen molar-refractivity contribution in [1.29, 1.82) is 0 Å². The molecule has 0 aliphatic carbocycles. The summed E-state index contributed by atoms with van der Waals surface area (Å²) in [4.78, 5) is 0. The zero-order valence-electron chi connectivity index (χ0n) is 12.8. The van der Waals surface area contributed by atoms with Gasteiger partial charge in [0.2, 0.25) is 0 Å². The van der Waals surface area contributed by atoms with E-state index in [1.165, 1.54) is 0 Å². The van der Waals surface area contributed by atoms with Gasteiger partial charge in [-0.15, -0.1) is 0 Å². The highest BCUT2D eigenvalue weighted by Crippen LogP contribution is 2.36. The Morgan fingerprint density at radius 1 is 1.18 bits per heavy atom. The molecule has 5 heteroatoms. The SMILES string of the molecule is COc1cc(C=NNc2ccccc2)cc(Cl)c1OC(C)C. The molecule has 0 saturated heterocycles. The Kier molecular flexibility index (Phi) is 5.67. The van der Waals surface area contributed by atoms with E-state index in [9.17, 15) is 0 Å². The lowest BCUT2D eigenvalue weighted by atomic mass is 10.2. The van der Waals surface area contributed by atoms with E-state index in [4.69, 9.17) is 21.1 Å². The molecule has 0 bridgehead atoms. The van der Waals surface area contributed by atoms with Crippen molar-refractivity contribution in [3.05, 3.63) is 53.1 Å². The molecule has 0 heterocycles. The van der Waals surface area contributed by atoms with Crippen LogP contribution in [0.5, 0.6) is 11.5 Å². The molecule has 0 saturated carbocycles. The van der Waals surface area contributed by atoms with Crippen LogP contribution in [-0.2, 0) is 0 Å². The molecular weight excluding hydrogens is 300 g/mol. The van der Waals surface area contributed by atoms with E-state index in [0.29, 0.717) is 16.5 Å². The summed E-state index contributed by atoms with van der Waals surface area (Å²) in [7, 11) is 1.59. The second kappa shape index (κ2) is 7.71. The molecule has 0 atom stereocenters. The van der Waals surface area contributed by atoms with Crippen LogP contribution >= 0.6 is 11.6 Å². The van der Waals surface area contributed by atoms with Crippen molar-refractivity contribution in [2.24, 2.45) is 5.10 Å². The van der Waals surface area contributed by atoms with E-state index in [2.05, 4.69) is 10.5 Å². The van der Waals surface area contributed by atoms with E-state index in [1.807, 2.05) is 50.2 Å². The maximum Gasteiger partial charge on any atom is 0.180 e. The van der Waals surface area contributed by atoms with Gasteiger partial charge >= 0.3 is 0 Å². The first-order valence-corrected chi connectivity index (χ1v) is 7.36. The maximum absolute atomic E-state index is 6.27. The molecule has 22 heavy (non-hydrogen) atoms. The Labute approximate surface area is 135 Å². The Morgan fingerprint density at radius 3 is 2.55 bits per heavy atom. The largest absolute Gasteiger partial charge is 0.493 e. The number of ether oxygens (including phenoxy) is 2. The number of nitrogens with one attached hydrogen (secondary N) is 1. The zero-order chi connectivity index (χ0) is 15.9. The number of para-hydroxylation sites is 1. The smallest absolute Gasteiger partial charge is 0.180 e. The van der Waals surface area contributed by atoms with Gasteiger partial charge in [-0.05, 0) is 43.7 Å². The van der Waals surface area contributed by atoms with Crippen LogP contribution in [0.15, 0.2) is 47.6 Å². The van der Waals surface area contributed by atoms with Gasteiger partial charge in [0.05, 0.1) is 30.1 Å². The molecule has 2 aromatic carbocycles. The predicted molar refractivity (Wildman–Crippen MR) is 91.4 cm³/mol. The van der Waals surface area contributed by atoms with Crippen molar-refractivity contribution >= 4 is 23.5 Å². The first-order chi connectivity index (χ1) is 10.6. The molecule has 2 rings (SSSR count). The lowest BCUT2D eigenvalue weighted by molar-refractivity contribution is 0.230. The zero-order valence-corrected chi connectivity index (χ0v) is 13.6. The van der Waals surface area contributed by atoms with Crippen LogP contribution in [0, 0.1) is 0 Å². The number of hydrogen-bond acceptors (Lipinski definition) is 4. The van der Waals surface area contributed by atoms with Gasteiger partial charge in [-0.25, -0.2) is 0 Å². The molecule has 1 N–H and O–H groups in total. The third-order valence-corrected chi connectivity index (χ3v) is 3.07. The van der Waals surface area contributed by atoms with Crippen molar-refractivity contribution in [1.82, 2.24) is 0 Å². The van der Waals surface area contributed by atoms with Crippen LogP contribution in [0.1, 0.15) is 19.4 Å². The predicted octanol–water partition coefficient (Wildman–Crippen LogP) is 4.58. The lowest BCUT2D eigenvalue weighted by Gasteiger charge is -2.15. The number of methoxy groups -OCH3 is 1. The summed E-state index contributed by atoms with van der Waals surface area (Å²) in [6.07, 6.45) is 1.70. The second-order valence-corrected chi connectivity index (χ2v) is 5.34. The molecule has 0 aromatic heterocycles. The van der Waals surface area contributed by atoms with Gasteiger partial charge in [0.15, 0.2) is 11.5 Å². The highest BCUT2D eigenvalue weighted by molar-refractivity contribution is 6.32. The number of halogens is 1. The first-order valence-electron chi connectivity index (χ1n) is 6.98. The number of hydrogen-bond donors (Lipinski definition) is 1. The summed E-state index contributed by atoms with van der Waals surface area (Å²) < 4.78 is 11.0. The average Bonchev–Trinajstić information content (AvgIpc) is 2.50. The Morgan fingerprint density at radius 2 is 1.91 bits per heavy atom. The third-order valence-electron chi connectivity index (χ3n) is 2.79. The standard InChI is InChI=1S/C17H19ClN2O2/c1-12(2)22-17-15(18)9-13(10-16(17)21-3)11-19-20-14-7-5-4-6-8-14/h4-12,20H,1-3H3. The molecule has 0 aliphatic rings. The highest BCUT2D eigenvalue weighted by atomic mass is 35.5. The summed E-state index contributed by atoms with van der Waals surface area (Å²) >= 11 is 6.27. The normalized spacial score (nSPS) is 11.0. The molecule has 0 unspecified atom stereocenters. The molecule has 0 spiro atoms. The molecule has 0 radical (unpaired) electrons. The highest BCUT2D eigenvalue weighted by Gasteiger charge is 2.12. The minimum Gasteiger partial charge on any atom is -0.493 e. The van der Waals surface area contributed by atoms with Gasteiger partial charge in [-0.1, -0.05) is 29.8 Å². The average molecular weight is 319 g/mol. The number of hydrazone groups is 1. The summed E-state index contributed by atoms with van der Waals surface area (Å²) in [6.45, 7) is 3.88. The van der Waals surface area contributed by atoms with Gasteiger partial charge in [0, 0.05) is 0 Å². The quantitative estimate of drug-likeness (QED) is 0.626. The van der Waals surface area contributed by atoms with Gasteiger partial charge in [0.1, 0.15) is 0 Å². The van der Waals surface area contributed by atoms with Gasteiger partial charge in [-0.3, -0.25) is 5.43 Å². The molecule has 2 aromatic rings. The van der Waals surface area contributed by atoms with Crippen LogP contribution < -0.4 is 14.9 Å². The Balaban J connectivity index is 2.16. The minimum atomic E-state index is 0.0191. The lowest BCUT2D eigenvalue weighted by Crippen LogP contribution is -2.07. The Hall–Kier alpha value is -2.20. The van der Waals surface area contributed by atoms with Gasteiger partial charge in [0.25, 0.3) is 0 Å². The van der Waals surface area contributed by atoms with Crippen molar-refractivity contribution < 1.29 is 9.47 Å². The topological polar surface area (TPSA) is 42.8 Å². The number of rotatable bonds is 6. The number of nitrogens with zero attached hydrogens (tertiary/aromatic N) is 1. The minimum absolute atomic E-state index is 0.0191. The monoisotopic (exact) mass is 318 g/mol. The summed E-state index contributed by atoms with van der Waals surface area (Å²) in [5, 5.41) is 4.68. The van der Waals surface area contributed by atoms with E-state index in [0.717, 1.165) is 11.3 Å². The molecule has 0 amide bonds. The van der Waals surface area contributed by atoms with Crippen LogP contribution in [0.25, 0.3) is 0 Å². The molecule has 0 fully saturated rings.